The predicted octanol–water partition coefficient (Wildman–Crippen LogP) is 1.67. The van der Waals surface area contributed by atoms with Gasteiger partial charge < -0.3 is 10.5 Å². The summed E-state index contributed by atoms with van der Waals surface area (Å²) < 4.78 is 6.20. The van der Waals surface area contributed by atoms with Crippen LogP contribution in [-0.4, -0.2) is 27.8 Å². The van der Waals surface area contributed by atoms with E-state index in [0.717, 1.165) is 0 Å². The van der Waals surface area contributed by atoms with Crippen molar-refractivity contribution in [1.82, 2.24) is 14.8 Å². The molecule has 0 atom stereocenters. The molecule has 7 nitrogen and oxygen atoms in total. The van der Waals surface area contributed by atoms with Crippen molar-refractivity contribution in [3.8, 4) is 0 Å². The van der Waals surface area contributed by atoms with Gasteiger partial charge in [0.15, 0.2) is 5.16 Å². The summed E-state index contributed by atoms with van der Waals surface area (Å²) in [5.74, 6) is -0.444. The Labute approximate surface area is 125 Å². The third-order valence-electron chi connectivity index (χ3n) is 2.82. The number of hydrogen-bond donors (Lipinski definition) is 2. The molecule has 1 aromatic carbocycles. The molecule has 21 heavy (non-hydrogen) atoms. The molecule has 2 rings (SSSR count). The average molecular weight is 308 g/mol. The highest BCUT2D eigenvalue weighted by atomic mass is 32.2. The maximum absolute atomic E-state index is 11.7. The largest absolute Gasteiger partial charge is 0.465 e. The zero-order valence-corrected chi connectivity index (χ0v) is 12.7. The zero-order chi connectivity index (χ0) is 15.6. The van der Waals surface area contributed by atoms with E-state index in [2.05, 4.69) is 14.9 Å². The number of carbonyl (C=O) groups excluding carboxylic acids is 1. The Morgan fingerprint density at radius 1 is 1.48 bits per heavy atom. The molecule has 0 unspecified atom stereocenters. The smallest absolute Gasteiger partial charge is 0.344 e. The van der Waals surface area contributed by atoms with Gasteiger partial charge in [-0.1, -0.05) is 0 Å². The Kier molecular flexibility index (Phi) is 4.37. The topological polar surface area (TPSA) is 103 Å². The number of nitrogens with one attached hydrogen (secondary N) is 1. The highest BCUT2D eigenvalue weighted by Crippen LogP contribution is 2.32. The lowest BCUT2D eigenvalue weighted by Crippen LogP contribution is -2.19. The molecule has 0 aliphatic heterocycles. The van der Waals surface area contributed by atoms with Crippen molar-refractivity contribution in [2.24, 2.45) is 0 Å². The number of methoxy groups -OCH3 is 1. The molecular weight excluding hydrogens is 292 g/mol. The Balaban J connectivity index is 2.40. The lowest BCUT2D eigenvalue weighted by molar-refractivity contribution is 0.0600. The van der Waals surface area contributed by atoms with Gasteiger partial charge in [0.2, 0.25) is 0 Å². The molecule has 1 heterocycles. The molecule has 0 bridgehead atoms. The molecule has 0 saturated heterocycles. The number of esters is 1. The number of carbonyl (C=O) groups is 1. The SMILES string of the molecule is COC(=O)c1ccc(N)c(Sc2n[nH]c(=O)n2C(C)C)c1. The molecule has 0 aliphatic rings. The van der Waals surface area contributed by atoms with Crippen LogP contribution in [0.3, 0.4) is 0 Å². The Morgan fingerprint density at radius 2 is 2.19 bits per heavy atom. The third kappa shape index (κ3) is 3.10. The number of rotatable bonds is 4. The fourth-order valence-electron chi connectivity index (χ4n) is 1.78. The normalized spacial score (nSPS) is 10.9. The molecule has 2 aromatic rings. The van der Waals surface area contributed by atoms with Crippen LogP contribution in [-0.2, 0) is 4.74 Å². The van der Waals surface area contributed by atoms with E-state index in [1.807, 2.05) is 13.8 Å². The van der Waals surface area contributed by atoms with Gasteiger partial charge in [-0.25, -0.2) is 14.7 Å². The van der Waals surface area contributed by atoms with Gasteiger partial charge in [0, 0.05) is 16.6 Å². The van der Waals surface area contributed by atoms with Gasteiger partial charge in [-0.3, -0.25) is 4.57 Å². The van der Waals surface area contributed by atoms with Crippen molar-refractivity contribution in [2.75, 3.05) is 12.8 Å². The molecule has 8 heteroatoms. The lowest BCUT2D eigenvalue weighted by atomic mass is 10.2. The van der Waals surface area contributed by atoms with Gasteiger partial charge in [-0.2, -0.15) is 0 Å². The molecule has 0 amide bonds. The second-order valence-corrected chi connectivity index (χ2v) is 5.63. The molecule has 0 aliphatic carbocycles. The van der Waals surface area contributed by atoms with Crippen LogP contribution in [0.2, 0.25) is 0 Å². The van der Waals surface area contributed by atoms with Gasteiger partial charge in [0.05, 0.1) is 12.7 Å². The fraction of sp³-hybridized carbons (Fsp3) is 0.308. The monoisotopic (exact) mass is 308 g/mol. The quantitative estimate of drug-likeness (QED) is 0.658. The molecule has 1 aromatic heterocycles. The second kappa shape index (κ2) is 6.04. The van der Waals surface area contributed by atoms with Crippen LogP contribution in [0.4, 0.5) is 5.69 Å². The summed E-state index contributed by atoms with van der Waals surface area (Å²) in [4.78, 5) is 23.9. The molecule has 0 spiro atoms. The van der Waals surface area contributed by atoms with E-state index in [9.17, 15) is 9.59 Å². The molecule has 0 radical (unpaired) electrons. The van der Waals surface area contributed by atoms with Crippen LogP contribution < -0.4 is 11.4 Å². The van der Waals surface area contributed by atoms with E-state index >= 15 is 0 Å². The van der Waals surface area contributed by atoms with Crippen molar-refractivity contribution < 1.29 is 9.53 Å². The van der Waals surface area contributed by atoms with Crippen molar-refractivity contribution in [3.63, 3.8) is 0 Å². The van der Waals surface area contributed by atoms with Crippen LogP contribution in [0.25, 0.3) is 0 Å². The molecular formula is C13H16N4O3S. The highest BCUT2D eigenvalue weighted by Gasteiger charge is 2.15. The van der Waals surface area contributed by atoms with Crippen molar-refractivity contribution in [3.05, 3.63) is 34.2 Å². The number of aromatic nitrogens is 3. The number of benzene rings is 1. The summed E-state index contributed by atoms with van der Waals surface area (Å²) in [5, 5.41) is 6.89. The van der Waals surface area contributed by atoms with Crippen molar-refractivity contribution >= 4 is 23.4 Å². The molecule has 0 fully saturated rings. The van der Waals surface area contributed by atoms with Crippen LogP contribution >= 0.6 is 11.8 Å². The average Bonchev–Trinajstić information content (AvgIpc) is 2.81. The van der Waals surface area contributed by atoms with E-state index in [1.54, 1.807) is 18.2 Å². The maximum Gasteiger partial charge on any atom is 0.344 e. The van der Waals surface area contributed by atoms with E-state index in [0.29, 0.717) is 21.3 Å². The second-order valence-electron chi connectivity index (χ2n) is 4.62. The van der Waals surface area contributed by atoms with E-state index in [4.69, 9.17) is 5.73 Å². The first-order chi connectivity index (χ1) is 9.93. The molecule has 3 N–H and O–H groups in total. The molecule has 0 saturated carbocycles. The van der Waals surface area contributed by atoms with Gasteiger partial charge in [-0.15, -0.1) is 5.10 Å². The maximum atomic E-state index is 11.7. The minimum atomic E-state index is -0.444. The van der Waals surface area contributed by atoms with Crippen molar-refractivity contribution in [2.45, 2.75) is 29.9 Å². The summed E-state index contributed by atoms with van der Waals surface area (Å²) in [6.45, 7) is 3.77. The Bertz CT molecular complexity index is 720. The summed E-state index contributed by atoms with van der Waals surface area (Å²) in [6, 6.07) is 4.80. The number of nitrogens with two attached hydrogens (primary N) is 1. The minimum Gasteiger partial charge on any atom is -0.465 e. The molecule has 112 valence electrons. The van der Waals surface area contributed by atoms with Gasteiger partial charge >= 0.3 is 11.7 Å². The number of ether oxygens (including phenoxy) is 1. The van der Waals surface area contributed by atoms with Gasteiger partial charge in [-0.05, 0) is 43.8 Å². The number of anilines is 1. The van der Waals surface area contributed by atoms with E-state index in [1.165, 1.54) is 23.4 Å². The number of H-pyrrole nitrogens is 1. The van der Waals surface area contributed by atoms with Crippen molar-refractivity contribution in [1.29, 1.82) is 0 Å². The standard InChI is InChI=1S/C13H16N4O3S/c1-7(2)17-12(19)15-16-13(17)21-10-6-8(11(18)20-3)4-5-9(10)14/h4-7H,14H2,1-3H3,(H,15,19). The lowest BCUT2D eigenvalue weighted by Gasteiger charge is -2.10. The van der Waals surface area contributed by atoms with E-state index < -0.39 is 5.97 Å². The number of nitrogens with zero attached hydrogens (tertiary/aromatic N) is 2. The Hall–Kier alpha value is -2.22. The predicted molar refractivity (Wildman–Crippen MR) is 79.5 cm³/mol. The third-order valence-corrected chi connectivity index (χ3v) is 3.87. The van der Waals surface area contributed by atoms with Crippen LogP contribution in [0, 0.1) is 0 Å². The van der Waals surface area contributed by atoms with Crippen LogP contribution in [0.1, 0.15) is 30.2 Å². The van der Waals surface area contributed by atoms with Gasteiger partial charge in [0.1, 0.15) is 0 Å². The minimum absolute atomic E-state index is 0.0382. The number of aromatic amines is 1. The first kappa shape index (κ1) is 15.2. The summed E-state index contributed by atoms with van der Waals surface area (Å²) in [5.41, 5.74) is 6.52. The number of nitrogen functional groups attached to an aromatic ring is 1. The highest BCUT2D eigenvalue weighted by molar-refractivity contribution is 7.99. The first-order valence-electron chi connectivity index (χ1n) is 6.26. The number of hydrogen-bond acceptors (Lipinski definition) is 6. The van der Waals surface area contributed by atoms with Crippen LogP contribution in [0.15, 0.2) is 33.0 Å². The zero-order valence-electron chi connectivity index (χ0n) is 11.9. The fourth-order valence-corrected chi connectivity index (χ4v) is 2.84. The first-order valence-corrected chi connectivity index (χ1v) is 7.08. The Morgan fingerprint density at radius 3 is 2.81 bits per heavy atom. The van der Waals surface area contributed by atoms with Crippen LogP contribution in [0.5, 0.6) is 0 Å². The van der Waals surface area contributed by atoms with E-state index in [-0.39, 0.29) is 11.7 Å². The summed E-state index contributed by atoms with van der Waals surface area (Å²) in [7, 11) is 1.32. The summed E-state index contributed by atoms with van der Waals surface area (Å²) in [6.07, 6.45) is 0. The van der Waals surface area contributed by atoms with Gasteiger partial charge in [0.25, 0.3) is 0 Å². The summed E-state index contributed by atoms with van der Waals surface area (Å²) >= 11 is 1.22.